The molecule has 1 unspecified atom stereocenters. The van der Waals surface area contributed by atoms with Gasteiger partial charge in [0.05, 0.1) is 65.6 Å². The number of carbonyl (C=O) groups excluding carboxylic acids is 1. The Morgan fingerprint density at radius 1 is 0.952 bits per heavy atom. The van der Waals surface area contributed by atoms with Gasteiger partial charge < -0.3 is 29.0 Å². The van der Waals surface area contributed by atoms with Crippen LogP contribution in [-0.4, -0.2) is 78.0 Å². The fourth-order valence-corrected chi connectivity index (χ4v) is 1.60. The molecule has 7 heteroatoms. The Hall–Kier alpha value is -0.990. The zero-order chi connectivity index (χ0) is 15.2. The smallest absolute Gasteiger partial charge is 0.243 e. The molecule has 1 aliphatic heterocycles. The molecule has 1 aliphatic rings. The van der Waals surface area contributed by atoms with E-state index in [1.54, 1.807) is 0 Å². The minimum absolute atomic E-state index is 0.223. The third-order valence-corrected chi connectivity index (χ3v) is 2.69. The van der Waals surface area contributed by atoms with Crippen molar-refractivity contribution in [1.82, 2.24) is 5.32 Å². The third kappa shape index (κ3) is 10.4. The third-order valence-electron chi connectivity index (χ3n) is 2.69. The van der Waals surface area contributed by atoms with E-state index in [0.717, 1.165) is 0 Å². The van der Waals surface area contributed by atoms with Crippen LogP contribution >= 0.6 is 0 Å². The highest BCUT2D eigenvalue weighted by Gasteiger charge is 2.11. The molecule has 122 valence electrons. The number of hydrogen-bond donors (Lipinski definition) is 1. The summed E-state index contributed by atoms with van der Waals surface area (Å²) in [6.45, 7) is 8.22. The van der Waals surface area contributed by atoms with Crippen molar-refractivity contribution in [1.29, 1.82) is 0 Å². The van der Waals surface area contributed by atoms with Crippen LogP contribution in [0.25, 0.3) is 0 Å². The molecule has 1 atom stereocenters. The van der Waals surface area contributed by atoms with Gasteiger partial charge in [-0.15, -0.1) is 0 Å². The molecule has 0 aromatic heterocycles. The number of rotatable bonds is 3. The van der Waals surface area contributed by atoms with E-state index in [2.05, 4.69) is 11.9 Å². The molecule has 1 rings (SSSR count). The number of amides is 1. The van der Waals surface area contributed by atoms with Gasteiger partial charge in [-0.2, -0.15) is 0 Å². The maximum atomic E-state index is 11.2. The monoisotopic (exact) mass is 303 g/mol. The van der Waals surface area contributed by atoms with Crippen LogP contribution in [0.1, 0.15) is 0 Å². The van der Waals surface area contributed by atoms with Gasteiger partial charge in [-0.1, -0.05) is 6.58 Å². The Bertz CT molecular complexity index is 271. The van der Waals surface area contributed by atoms with E-state index in [1.165, 1.54) is 6.08 Å². The normalized spacial score (nSPS) is 23.5. The molecule has 1 amide bonds. The molecule has 0 spiro atoms. The molecule has 0 bridgehead atoms. The van der Waals surface area contributed by atoms with E-state index in [0.29, 0.717) is 66.0 Å². The van der Waals surface area contributed by atoms with Gasteiger partial charge in [-0.3, -0.25) is 4.79 Å². The Morgan fingerprint density at radius 3 is 2.05 bits per heavy atom. The summed E-state index contributed by atoms with van der Waals surface area (Å²) >= 11 is 0. The Labute approximate surface area is 125 Å². The van der Waals surface area contributed by atoms with E-state index < -0.39 is 0 Å². The van der Waals surface area contributed by atoms with Crippen molar-refractivity contribution in [3.8, 4) is 0 Å². The SMILES string of the molecule is C=CC(=O)NCC1COCCOCCOCCOCCO1. The van der Waals surface area contributed by atoms with Gasteiger partial charge in [0, 0.05) is 6.54 Å². The second-order valence-electron chi connectivity index (χ2n) is 4.35. The first kappa shape index (κ1) is 18.1. The molecule has 0 aromatic carbocycles. The summed E-state index contributed by atoms with van der Waals surface area (Å²) in [4.78, 5) is 11.2. The molecule has 1 saturated heterocycles. The van der Waals surface area contributed by atoms with Crippen LogP contribution in [0.4, 0.5) is 0 Å². The van der Waals surface area contributed by atoms with Crippen molar-refractivity contribution < 1.29 is 28.5 Å². The molecular weight excluding hydrogens is 278 g/mol. The molecule has 7 nitrogen and oxygen atoms in total. The largest absolute Gasteiger partial charge is 0.377 e. The first-order chi connectivity index (χ1) is 10.3. The first-order valence-electron chi connectivity index (χ1n) is 7.15. The minimum atomic E-state index is -0.230. The van der Waals surface area contributed by atoms with E-state index in [9.17, 15) is 4.79 Å². The Morgan fingerprint density at radius 2 is 1.48 bits per heavy atom. The van der Waals surface area contributed by atoms with Gasteiger partial charge in [-0.05, 0) is 6.08 Å². The highest BCUT2D eigenvalue weighted by molar-refractivity contribution is 5.86. The van der Waals surface area contributed by atoms with E-state index in [4.69, 9.17) is 23.7 Å². The molecule has 0 radical (unpaired) electrons. The summed E-state index contributed by atoms with van der Waals surface area (Å²) in [5.41, 5.74) is 0. The molecule has 1 heterocycles. The molecular formula is C14H25NO6. The zero-order valence-electron chi connectivity index (χ0n) is 12.4. The van der Waals surface area contributed by atoms with Crippen molar-refractivity contribution in [2.24, 2.45) is 0 Å². The predicted octanol–water partition coefficient (Wildman–Crippen LogP) is -0.246. The number of carbonyl (C=O) groups is 1. The Kier molecular flexibility index (Phi) is 10.9. The molecule has 1 N–H and O–H groups in total. The van der Waals surface area contributed by atoms with Crippen LogP contribution in [0.15, 0.2) is 12.7 Å². The van der Waals surface area contributed by atoms with E-state index in [-0.39, 0.29) is 12.0 Å². The summed E-state index contributed by atoms with van der Waals surface area (Å²) in [6, 6.07) is 0. The summed E-state index contributed by atoms with van der Waals surface area (Å²) < 4.78 is 27.1. The van der Waals surface area contributed by atoms with Gasteiger partial charge in [0.1, 0.15) is 0 Å². The van der Waals surface area contributed by atoms with Crippen LogP contribution in [0.3, 0.4) is 0 Å². The quantitative estimate of drug-likeness (QED) is 0.725. The van der Waals surface area contributed by atoms with Gasteiger partial charge in [0.2, 0.25) is 5.91 Å². The zero-order valence-corrected chi connectivity index (χ0v) is 12.4. The molecule has 21 heavy (non-hydrogen) atoms. The fraction of sp³-hybridized carbons (Fsp3) is 0.786. The Balaban J connectivity index is 2.29. The highest BCUT2D eigenvalue weighted by Crippen LogP contribution is 1.95. The van der Waals surface area contributed by atoms with Gasteiger partial charge in [0.15, 0.2) is 0 Å². The lowest BCUT2D eigenvalue weighted by atomic mass is 10.3. The second kappa shape index (κ2) is 12.7. The van der Waals surface area contributed by atoms with Gasteiger partial charge >= 0.3 is 0 Å². The summed E-state index contributed by atoms with van der Waals surface area (Å²) in [5.74, 6) is -0.230. The van der Waals surface area contributed by atoms with Gasteiger partial charge in [-0.25, -0.2) is 0 Å². The van der Waals surface area contributed by atoms with Gasteiger partial charge in [0.25, 0.3) is 0 Å². The van der Waals surface area contributed by atoms with Crippen molar-refractivity contribution in [2.75, 3.05) is 66.0 Å². The highest BCUT2D eigenvalue weighted by atomic mass is 16.6. The molecule has 0 aliphatic carbocycles. The first-order valence-corrected chi connectivity index (χ1v) is 7.15. The van der Waals surface area contributed by atoms with Crippen LogP contribution in [0, 0.1) is 0 Å². The standard InChI is InChI=1S/C14H25NO6/c1-2-14(16)15-11-13-12-20-8-7-18-4-3-17-5-6-19-9-10-21-13/h2,13H,1,3-12H2,(H,15,16). The predicted molar refractivity (Wildman–Crippen MR) is 76.2 cm³/mol. The van der Waals surface area contributed by atoms with E-state index >= 15 is 0 Å². The summed E-state index contributed by atoms with van der Waals surface area (Å²) in [7, 11) is 0. The summed E-state index contributed by atoms with van der Waals surface area (Å²) in [6.07, 6.45) is 1.00. The summed E-state index contributed by atoms with van der Waals surface area (Å²) in [5, 5.41) is 2.69. The lowest BCUT2D eigenvalue weighted by molar-refractivity contribution is -0.117. The number of nitrogens with one attached hydrogen (secondary N) is 1. The number of ether oxygens (including phenoxy) is 5. The second-order valence-corrected chi connectivity index (χ2v) is 4.35. The average molecular weight is 303 g/mol. The van der Waals surface area contributed by atoms with Crippen LogP contribution < -0.4 is 5.32 Å². The lowest BCUT2D eigenvalue weighted by Gasteiger charge is -2.18. The maximum absolute atomic E-state index is 11.2. The van der Waals surface area contributed by atoms with Crippen molar-refractivity contribution in [3.63, 3.8) is 0 Å². The van der Waals surface area contributed by atoms with Crippen LogP contribution in [0.5, 0.6) is 0 Å². The lowest BCUT2D eigenvalue weighted by Crippen LogP contribution is -2.36. The van der Waals surface area contributed by atoms with Crippen LogP contribution in [-0.2, 0) is 28.5 Å². The molecule has 0 saturated carbocycles. The van der Waals surface area contributed by atoms with Crippen molar-refractivity contribution in [3.05, 3.63) is 12.7 Å². The number of hydrogen-bond acceptors (Lipinski definition) is 6. The van der Waals surface area contributed by atoms with Crippen LogP contribution in [0.2, 0.25) is 0 Å². The molecule has 0 aromatic rings. The minimum Gasteiger partial charge on any atom is -0.377 e. The maximum Gasteiger partial charge on any atom is 0.243 e. The van der Waals surface area contributed by atoms with E-state index in [1.807, 2.05) is 0 Å². The average Bonchev–Trinajstić information content (AvgIpc) is 2.51. The molecule has 1 fully saturated rings. The van der Waals surface area contributed by atoms with Crippen molar-refractivity contribution >= 4 is 5.91 Å². The topological polar surface area (TPSA) is 75.3 Å². The fourth-order valence-electron chi connectivity index (χ4n) is 1.60. The van der Waals surface area contributed by atoms with Crippen molar-refractivity contribution in [2.45, 2.75) is 6.10 Å².